The van der Waals surface area contributed by atoms with E-state index in [0.29, 0.717) is 5.41 Å². The molecule has 0 saturated heterocycles. The zero-order chi connectivity index (χ0) is 11.8. The van der Waals surface area contributed by atoms with Gasteiger partial charge in [-0.2, -0.15) is 0 Å². The highest BCUT2D eigenvalue weighted by atomic mass is 14.5. The fourth-order valence-corrected chi connectivity index (χ4v) is 4.49. The largest absolute Gasteiger partial charge is 0.0649 e. The second-order valence-corrected chi connectivity index (χ2v) is 7.08. The van der Waals surface area contributed by atoms with E-state index in [1.54, 1.807) is 0 Å². The van der Waals surface area contributed by atoms with Crippen LogP contribution in [0.4, 0.5) is 0 Å². The lowest BCUT2D eigenvalue weighted by atomic mass is 9.69. The molecule has 0 aromatic carbocycles. The number of hydrogen-bond donors (Lipinski definition) is 0. The van der Waals surface area contributed by atoms with E-state index in [1.165, 1.54) is 44.9 Å². The van der Waals surface area contributed by atoms with Crippen molar-refractivity contribution in [2.45, 2.75) is 72.6 Å². The van der Waals surface area contributed by atoms with Crippen molar-refractivity contribution in [1.82, 2.24) is 0 Å². The molecule has 0 spiro atoms. The molecule has 0 heterocycles. The molecule has 2 aliphatic rings. The normalized spacial score (nSPS) is 44.4. The Morgan fingerprint density at radius 2 is 1.94 bits per heavy atom. The van der Waals surface area contributed by atoms with Crippen LogP contribution in [0.3, 0.4) is 0 Å². The highest BCUT2D eigenvalue weighted by molar-refractivity contribution is 4.94. The van der Waals surface area contributed by atoms with Gasteiger partial charge in [-0.1, -0.05) is 47.0 Å². The highest BCUT2D eigenvalue weighted by Crippen LogP contribution is 2.54. The maximum atomic E-state index is 2.58. The monoisotopic (exact) mass is 222 g/mol. The molecule has 2 aliphatic carbocycles. The molecule has 4 unspecified atom stereocenters. The molecule has 0 aliphatic heterocycles. The highest BCUT2D eigenvalue weighted by Gasteiger charge is 2.43. The summed E-state index contributed by atoms with van der Waals surface area (Å²) in [5.74, 6) is 4.04. The third-order valence-electron chi connectivity index (χ3n) is 6.00. The molecular weight excluding hydrogens is 192 g/mol. The Morgan fingerprint density at radius 1 is 1.19 bits per heavy atom. The van der Waals surface area contributed by atoms with Gasteiger partial charge in [-0.15, -0.1) is 0 Å². The minimum atomic E-state index is 0.671. The summed E-state index contributed by atoms with van der Waals surface area (Å²) in [5.41, 5.74) is 0.671. The van der Waals surface area contributed by atoms with Gasteiger partial charge < -0.3 is 0 Å². The lowest BCUT2D eigenvalue weighted by Gasteiger charge is -2.36. The van der Waals surface area contributed by atoms with E-state index in [1.807, 2.05) is 0 Å². The van der Waals surface area contributed by atoms with E-state index >= 15 is 0 Å². The van der Waals surface area contributed by atoms with Gasteiger partial charge in [-0.05, 0) is 54.8 Å². The maximum Gasteiger partial charge on any atom is -0.0297 e. The van der Waals surface area contributed by atoms with E-state index in [-0.39, 0.29) is 0 Å². The van der Waals surface area contributed by atoms with Gasteiger partial charge in [0.15, 0.2) is 0 Å². The summed E-state index contributed by atoms with van der Waals surface area (Å²) >= 11 is 0. The Balaban J connectivity index is 2.15. The van der Waals surface area contributed by atoms with Gasteiger partial charge in [-0.25, -0.2) is 0 Å². The second-order valence-electron chi connectivity index (χ2n) is 7.08. The van der Waals surface area contributed by atoms with Crippen molar-refractivity contribution in [3.05, 3.63) is 0 Å². The smallest absolute Gasteiger partial charge is 0.0297 e. The quantitative estimate of drug-likeness (QED) is 0.596. The lowest BCUT2D eigenvalue weighted by Crippen LogP contribution is -2.27. The average Bonchev–Trinajstić information content (AvgIpc) is 2.67. The van der Waals surface area contributed by atoms with Crippen molar-refractivity contribution >= 4 is 0 Å². The van der Waals surface area contributed by atoms with Crippen LogP contribution in [-0.2, 0) is 0 Å². The van der Waals surface area contributed by atoms with E-state index in [2.05, 4.69) is 27.7 Å². The van der Waals surface area contributed by atoms with Crippen LogP contribution >= 0.6 is 0 Å². The Labute approximate surface area is 102 Å². The van der Waals surface area contributed by atoms with Crippen LogP contribution in [0, 0.1) is 29.1 Å². The molecule has 0 amide bonds. The first-order valence-corrected chi connectivity index (χ1v) is 7.57. The molecule has 2 fully saturated rings. The zero-order valence-electron chi connectivity index (χ0n) is 11.8. The molecule has 0 heteroatoms. The Bertz CT molecular complexity index is 230. The Morgan fingerprint density at radius 3 is 2.56 bits per heavy atom. The molecule has 2 rings (SSSR count). The lowest BCUT2D eigenvalue weighted by molar-refractivity contribution is 0.135. The van der Waals surface area contributed by atoms with Gasteiger partial charge in [0.1, 0.15) is 0 Å². The molecule has 4 atom stereocenters. The number of fused-ring (bicyclic) bond motifs is 1. The molecular formula is C16H30. The molecule has 2 saturated carbocycles. The molecule has 0 N–H and O–H groups in total. The summed E-state index contributed by atoms with van der Waals surface area (Å²) in [6, 6.07) is 0. The molecule has 0 nitrogen and oxygen atoms in total. The predicted octanol–water partition coefficient (Wildman–Crippen LogP) is 5.28. The van der Waals surface area contributed by atoms with Gasteiger partial charge in [0.25, 0.3) is 0 Å². The first-order chi connectivity index (χ1) is 7.57. The van der Waals surface area contributed by atoms with Crippen LogP contribution in [-0.4, -0.2) is 0 Å². The van der Waals surface area contributed by atoms with Crippen molar-refractivity contribution < 1.29 is 0 Å². The van der Waals surface area contributed by atoms with Gasteiger partial charge in [0, 0.05) is 0 Å². The Kier molecular flexibility index (Phi) is 3.66. The third kappa shape index (κ3) is 2.17. The third-order valence-corrected chi connectivity index (χ3v) is 6.00. The van der Waals surface area contributed by atoms with Crippen molar-refractivity contribution in [1.29, 1.82) is 0 Å². The molecule has 0 bridgehead atoms. The van der Waals surface area contributed by atoms with Crippen molar-refractivity contribution in [2.24, 2.45) is 29.1 Å². The first kappa shape index (κ1) is 12.5. The van der Waals surface area contributed by atoms with Crippen LogP contribution < -0.4 is 0 Å². The van der Waals surface area contributed by atoms with Crippen molar-refractivity contribution in [3.8, 4) is 0 Å². The van der Waals surface area contributed by atoms with Crippen LogP contribution in [0.25, 0.3) is 0 Å². The van der Waals surface area contributed by atoms with Crippen LogP contribution in [0.15, 0.2) is 0 Å². The van der Waals surface area contributed by atoms with Crippen molar-refractivity contribution in [2.75, 3.05) is 0 Å². The molecule has 0 aromatic heterocycles. The van der Waals surface area contributed by atoms with Gasteiger partial charge in [0.05, 0.1) is 0 Å². The summed E-state index contributed by atoms with van der Waals surface area (Å²) in [4.78, 5) is 0. The SMILES string of the molecule is CCC1(C)CCC(C(C)C)CC2CCCC21. The molecule has 94 valence electrons. The molecule has 16 heavy (non-hydrogen) atoms. The van der Waals surface area contributed by atoms with E-state index in [0.717, 1.165) is 23.7 Å². The average molecular weight is 222 g/mol. The van der Waals surface area contributed by atoms with Crippen molar-refractivity contribution in [3.63, 3.8) is 0 Å². The minimum absolute atomic E-state index is 0.671. The molecule has 0 aromatic rings. The number of rotatable bonds is 2. The van der Waals surface area contributed by atoms with E-state index in [9.17, 15) is 0 Å². The second kappa shape index (κ2) is 4.70. The minimum Gasteiger partial charge on any atom is -0.0649 e. The summed E-state index contributed by atoms with van der Waals surface area (Å²) in [6.07, 6.45) is 10.5. The van der Waals surface area contributed by atoms with E-state index in [4.69, 9.17) is 0 Å². The maximum absolute atomic E-state index is 2.58. The summed E-state index contributed by atoms with van der Waals surface area (Å²) in [7, 11) is 0. The van der Waals surface area contributed by atoms with Gasteiger partial charge >= 0.3 is 0 Å². The first-order valence-electron chi connectivity index (χ1n) is 7.57. The van der Waals surface area contributed by atoms with Crippen LogP contribution in [0.5, 0.6) is 0 Å². The molecule has 0 radical (unpaired) electrons. The van der Waals surface area contributed by atoms with Crippen LogP contribution in [0.1, 0.15) is 72.6 Å². The summed E-state index contributed by atoms with van der Waals surface area (Å²) in [6.45, 7) is 9.87. The fourth-order valence-electron chi connectivity index (χ4n) is 4.49. The van der Waals surface area contributed by atoms with E-state index < -0.39 is 0 Å². The standard InChI is InChI=1S/C16H30/c1-5-16(4)10-9-13(12(2)3)11-14-7-6-8-15(14)16/h12-15H,5-11H2,1-4H3. The number of hydrogen-bond acceptors (Lipinski definition) is 0. The van der Waals surface area contributed by atoms with Gasteiger partial charge in [-0.3, -0.25) is 0 Å². The zero-order valence-corrected chi connectivity index (χ0v) is 11.8. The summed E-state index contributed by atoms with van der Waals surface area (Å²) < 4.78 is 0. The van der Waals surface area contributed by atoms with Gasteiger partial charge in [0.2, 0.25) is 0 Å². The summed E-state index contributed by atoms with van der Waals surface area (Å²) in [5, 5.41) is 0. The topological polar surface area (TPSA) is 0 Å². The Hall–Kier alpha value is 0. The van der Waals surface area contributed by atoms with Crippen LogP contribution in [0.2, 0.25) is 0 Å². The fraction of sp³-hybridized carbons (Fsp3) is 1.00. The predicted molar refractivity (Wildman–Crippen MR) is 71.4 cm³/mol.